The number of nitrogens with zero attached hydrogens (tertiary/aromatic N) is 1. The summed E-state index contributed by atoms with van der Waals surface area (Å²) in [5.41, 5.74) is 0. The van der Waals surface area contributed by atoms with Crippen molar-refractivity contribution in [2.45, 2.75) is 18.6 Å². The normalized spacial score (nSPS) is 33.6. The molecule has 2 aliphatic rings. The first-order valence-electron chi connectivity index (χ1n) is 4.35. The molecule has 2 unspecified atom stereocenters. The summed E-state index contributed by atoms with van der Waals surface area (Å²) >= 11 is 1.92. The molecule has 0 aromatic heterocycles. The van der Waals surface area contributed by atoms with Gasteiger partial charge in [-0.2, -0.15) is 0 Å². The van der Waals surface area contributed by atoms with Crippen LogP contribution in [0.5, 0.6) is 0 Å². The lowest BCUT2D eigenvalue weighted by Crippen LogP contribution is -2.42. The summed E-state index contributed by atoms with van der Waals surface area (Å²) in [5, 5.41) is 2.93. The second kappa shape index (κ2) is 3.13. The lowest BCUT2D eigenvalue weighted by molar-refractivity contribution is -0.130. The van der Waals surface area contributed by atoms with E-state index in [0.717, 1.165) is 24.8 Å². The van der Waals surface area contributed by atoms with Gasteiger partial charge in [0.25, 0.3) is 0 Å². The van der Waals surface area contributed by atoms with E-state index < -0.39 is 0 Å². The van der Waals surface area contributed by atoms with Crippen LogP contribution in [-0.2, 0) is 4.79 Å². The molecule has 12 heavy (non-hydrogen) atoms. The van der Waals surface area contributed by atoms with Gasteiger partial charge in [0.2, 0.25) is 5.91 Å². The van der Waals surface area contributed by atoms with E-state index in [1.165, 1.54) is 0 Å². The molecule has 0 aromatic rings. The summed E-state index contributed by atoms with van der Waals surface area (Å²) in [4.78, 5) is 13.0. The largest absolute Gasteiger partial charge is 0.342 e. The fourth-order valence-electron chi connectivity index (χ4n) is 1.85. The van der Waals surface area contributed by atoms with Crippen molar-refractivity contribution in [2.24, 2.45) is 5.92 Å². The van der Waals surface area contributed by atoms with Crippen molar-refractivity contribution in [3.05, 3.63) is 11.5 Å². The van der Waals surface area contributed by atoms with Crippen molar-refractivity contribution in [3.8, 4) is 0 Å². The first-order valence-corrected chi connectivity index (χ1v) is 5.29. The number of piperidine rings is 1. The maximum Gasteiger partial charge on any atom is 0.219 e. The Morgan fingerprint density at radius 1 is 1.67 bits per heavy atom. The minimum Gasteiger partial charge on any atom is -0.342 e. The molecule has 2 nitrogen and oxygen atoms in total. The molecule has 2 aliphatic heterocycles. The molecule has 0 radical (unpaired) electrons. The summed E-state index contributed by atoms with van der Waals surface area (Å²) in [5.74, 6) is 0.839. The van der Waals surface area contributed by atoms with Crippen molar-refractivity contribution < 1.29 is 4.79 Å². The van der Waals surface area contributed by atoms with Gasteiger partial charge >= 0.3 is 0 Å². The highest BCUT2D eigenvalue weighted by atomic mass is 32.2. The quantitative estimate of drug-likeness (QED) is 0.567. The molecule has 66 valence electrons. The summed E-state index contributed by atoms with van der Waals surface area (Å²) in [6, 6.07) is 0. The van der Waals surface area contributed by atoms with Crippen molar-refractivity contribution in [3.63, 3.8) is 0 Å². The van der Waals surface area contributed by atoms with E-state index >= 15 is 0 Å². The van der Waals surface area contributed by atoms with Gasteiger partial charge < -0.3 is 4.90 Å². The van der Waals surface area contributed by atoms with Gasteiger partial charge in [0.05, 0.1) is 0 Å². The molecular weight excluding hydrogens is 170 g/mol. The Kier molecular flexibility index (Phi) is 2.13. The van der Waals surface area contributed by atoms with Crippen molar-refractivity contribution in [1.29, 1.82) is 0 Å². The van der Waals surface area contributed by atoms with E-state index in [1.54, 1.807) is 6.92 Å². The van der Waals surface area contributed by atoms with Crippen LogP contribution in [0, 0.1) is 5.92 Å². The maximum absolute atomic E-state index is 11.1. The first kappa shape index (κ1) is 8.17. The molecule has 0 saturated carbocycles. The van der Waals surface area contributed by atoms with Gasteiger partial charge in [-0.3, -0.25) is 4.79 Å². The number of hydrogen-bond donors (Lipinski definition) is 0. The number of carbonyl (C=O) groups excluding carboxylic acids is 1. The number of carbonyl (C=O) groups is 1. The van der Waals surface area contributed by atoms with E-state index in [9.17, 15) is 4.79 Å². The first-order chi connectivity index (χ1) is 5.77. The monoisotopic (exact) mass is 183 g/mol. The summed E-state index contributed by atoms with van der Waals surface area (Å²) in [7, 11) is 0. The average Bonchev–Trinajstić information content (AvgIpc) is 2.49. The van der Waals surface area contributed by atoms with Crippen LogP contribution in [-0.4, -0.2) is 29.1 Å². The van der Waals surface area contributed by atoms with Crippen LogP contribution in [0.2, 0.25) is 0 Å². The van der Waals surface area contributed by atoms with E-state index in [1.807, 2.05) is 16.7 Å². The SMILES string of the molecule is CC(=O)N1CCC2SC=CC2C1. The van der Waals surface area contributed by atoms with E-state index in [0.29, 0.717) is 5.92 Å². The molecule has 1 saturated heterocycles. The molecule has 0 N–H and O–H groups in total. The minimum absolute atomic E-state index is 0.221. The van der Waals surface area contributed by atoms with Gasteiger partial charge in [0.15, 0.2) is 0 Å². The molecule has 0 aromatic carbocycles. The summed E-state index contributed by atoms with van der Waals surface area (Å²) in [6.07, 6.45) is 3.40. The van der Waals surface area contributed by atoms with Crippen molar-refractivity contribution >= 4 is 17.7 Å². The topological polar surface area (TPSA) is 20.3 Å². The van der Waals surface area contributed by atoms with Gasteiger partial charge in [-0.1, -0.05) is 6.08 Å². The van der Waals surface area contributed by atoms with E-state index in [4.69, 9.17) is 0 Å². The number of likely N-dealkylation sites (tertiary alicyclic amines) is 1. The predicted octanol–water partition coefficient (Wildman–Crippen LogP) is 1.48. The summed E-state index contributed by atoms with van der Waals surface area (Å²) in [6.45, 7) is 3.54. The zero-order valence-corrected chi connectivity index (χ0v) is 8.01. The fraction of sp³-hybridized carbons (Fsp3) is 0.667. The van der Waals surface area contributed by atoms with Gasteiger partial charge in [-0.15, -0.1) is 11.8 Å². The highest BCUT2D eigenvalue weighted by Gasteiger charge is 2.30. The Morgan fingerprint density at radius 3 is 3.25 bits per heavy atom. The Hall–Kier alpha value is -0.440. The smallest absolute Gasteiger partial charge is 0.219 e. The number of hydrogen-bond acceptors (Lipinski definition) is 2. The molecule has 0 bridgehead atoms. The number of fused-ring (bicyclic) bond motifs is 1. The molecule has 2 rings (SSSR count). The third-order valence-corrected chi connectivity index (χ3v) is 3.87. The second-order valence-corrected chi connectivity index (χ2v) is 4.57. The molecule has 1 amide bonds. The van der Waals surface area contributed by atoms with Crippen LogP contribution in [0.3, 0.4) is 0 Å². The highest BCUT2D eigenvalue weighted by molar-refractivity contribution is 8.03. The lowest BCUT2D eigenvalue weighted by atomic mass is 9.98. The van der Waals surface area contributed by atoms with Crippen LogP contribution in [0.4, 0.5) is 0 Å². The number of rotatable bonds is 0. The highest BCUT2D eigenvalue weighted by Crippen LogP contribution is 2.35. The van der Waals surface area contributed by atoms with Crippen LogP contribution < -0.4 is 0 Å². The Labute approximate surface area is 77.0 Å². The molecular formula is C9H13NOS. The maximum atomic E-state index is 11.1. The third-order valence-electron chi connectivity index (χ3n) is 2.62. The van der Waals surface area contributed by atoms with Gasteiger partial charge in [0.1, 0.15) is 0 Å². The predicted molar refractivity (Wildman–Crippen MR) is 50.9 cm³/mol. The van der Waals surface area contributed by atoms with Crippen molar-refractivity contribution in [1.82, 2.24) is 4.90 Å². The van der Waals surface area contributed by atoms with Crippen LogP contribution in [0.15, 0.2) is 11.5 Å². The Morgan fingerprint density at radius 2 is 2.50 bits per heavy atom. The Bertz CT molecular complexity index is 227. The molecule has 2 atom stereocenters. The zero-order chi connectivity index (χ0) is 8.55. The fourth-order valence-corrected chi connectivity index (χ4v) is 2.96. The lowest BCUT2D eigenvalue weighted by Gasteiger charge is -2.33. The number of thioether (sulfide) groups is 1. The van der Waals surface area contributed by atoms with E-state index in [2.05, 4.69) is 11.5 Å². The molecule has 0 aliphatic carbocycles. The van der Waals surface area contributed by atoms with Crippen LogP contribution in [0.25, 0.3) is 0 Å². The van der Waals surface area contributed by atoms with Gasteiger partial charge in [-0.05, 0) is 11.8 Å². The third kappa shape index (κ3) is 1.38. The molecule has 0 spiro atoms. The average molecular weight is 183 g/mol. The van der Waals surface area contributed by atoms with E-state index in [-0.39, 0.29) is 5.91 Å². The summed E-state index contributed by atoms with van der Waals surface area (Å²) < 4.78 is 0. The van der Waals surface area contributed by atoms with Gasteiger partial charge in [0, 0.05) is 31.2 Å². The molecule has 3 heteroatoms. The number of amides is 1. The van der Waals surface area contributed by atoms with Crippen molar-refractivity contribution in [2.75, 3.05) is 13.1 Å². The van der Waals surface area contributed by atoms with Gasteiger partial charge in [-0.25, -0.2) is 0 Å². The minimum atomic E-state index is 0.221. The molecule has 1 fully saturated rings. The Balaban J connectivity index is 2.00. The van der Waals surface area contributed by atoms with Crippen LogP contribution in [0.1, 0.15) is 13.3 Å². The zero-order valence-electron chi connectivity index (χ0n) is 7.19. The standard InChI is InChI=1S/C9H13NOS/c1-7(11)10-4-2-9-8(6-10)3-5-12-9/h3,5,8-9H,2,4,6H2,1H3. The second-order valence-electron chi connectivity index (χ2n) is 3.42. The molecule has 2 heterocycles. The van der Waals surface area contributed by atoms with Crippen LogP contribution >= 0.6 is 11.8 Å².